The normalized spacial score (nSPS) is 18.5. The van der Waals surface area contributed by atoms with Crippen molar-refractivity contribution in [3.63, 3.8) is 0 Å². The lowest BCUT2D eigenvalue weighted by Crippen LogP contribution is -2.37. The Kier molecular flexibility index (Phi) is 4.52. The second-order valence-corrected chi connectivity index (χ2v) is 4.04. The van der Waals surface area contributed by atoms with E-state index in [1.165, 1.54) is 6.92 Å². The Hall–Kier alpha value is -0.160. The van der Waals surface area contributed by atoms with Crippen LogP contribution >= 0.6 is 23.2 Å². The minimum absolute atomic E-state index is 0.148. The lowest BCUT2D eigenvalue weighted by Gasteiger charge is -2.21. The minimum atomic E-state index is -4.78. The summed E-state index contributed by atoms with van der Waals surface area (Å²) in [6, 6.07) is 0. The van der Waals surface area contributed by atoms with Crippen molar-refractivity contribution in [1.82, 2.24) is 0 Å². The monoisotopic (exact) mass is 252 g/mol. The molecule has 0 aliphatic rings. The number of rotatable bonds is 3. The molecule has 0 aliphatic heterocycles. The average Bonchev–Trinajstić information content (AvgIpc) is 2.02. The molecule has 0 aliphatic carbocycles. The molecule has 0 heterocycles. The van der Waals surface area contributed by atoms with Gasteiger partial charge >= 0.3 is 12.1 Å². The molecule has 0 aromatic heterocycles. The molecule has 0 saturated heterocycles. The van der Waals surface area contributed by atoms with Crippen LogP contribution in [0.5, 0.6) is 0 Å². The third kappa shape index (κ3) is 3.92. The van der Waals surface area contributed by atoms with Crippen LogP contribution in [0.15, 0.2) is 0 Å². The average molecular weight is 253 g/mol. The molecule has 0 amide bonds. The first-order valence-corrected chi connectivity index (χ1v) is 4.53. The Morgan fingerprint density at radius 1 is 1.50 bits per heavy atom. The van der Waals surface area contributed by atoms with Crippen LogP contribution in [0.2, 0.25) is 0 Å². The largest absolute Gasteiger partial charge is 0.440 e. The zero-order valence-electron chi connectivity index (χ0n) is 7.49. The van der Waals surface area contributed by atoms with Crippen LogP contribution in [0, 0.1) is 0 Å². The van der Waals surface area contributed by atoms with Gasteiger partial charge in [-0.2, -0.15) is 13.2 Å². The first kappa shape index (κ1) is 13.8. The van der Waals surface area contributed by atoms with Gasteiger partial charge in [0.25, 0.3) is 5.56 Å². The Balaban J connectivity index is 4.35. The number of hydrogen-bond donors (Lipinski definition) is 0. The summed E-state index contributed by atoms with van der Waals surface area (Å²) in [7, 11) is 0. The van der Waals surface area contributed by atoms with Crippen LogP contribution in [0.25, 0.3) is 0 Å². The van der Waals surface area contributed by atoms with E-state index in [-0.39, 0.29) is 6.42 Å². The molecule has 0 aromatic rings. The summed E-state index contributed by atoms with van der Waals surface area (Å²) in [6.07, 6.45) is -4.63. The molecule has 0 bridgehead atoms. The second-order valence-electron chi connectivity index (χ2n) is 2.81. The number of carbonyl (C=O) groups is 1. The third-order valence-electron chi connectivity index (χ3n) is 1.56. The van der Waals surface area contributed by atoms with E-state index < -0.39 is 22.6 Å². The van der Waals surface area contributed by atoms with Gasteiger partial charge in [-0.1, -0.05) is 18.5 Å². The SMILES string of the molecule is CCC(C)(Cl)C(=O)OC(Cl)C(F)(F)F. The highest BCUT2D eigenvalue weighted by Gasteiger charge is 2.44. The summed E-state index contributed by atoms with van der Waals surface area (Å²) in [5.41, 5.74) is -2.65. The van der Waals surface area contributed by atoms with Crippen LogP contribution in [0.3, 0.4) is 0 Å². The van der Waals surface area contributed by atoms with Crippen LogP contribution in [0.4, 0.5) is 13.2 Å². The lowest BCUT2D eigenvalue weighted by molar-refractivity contribution is -0.200. The van der Waals surface area contributed by atoms with Crippen molar-refractivity contribution in [2.45, 2.75) is 36.9 Å². The van der Waals surface area contributed by atoms with Gasteiger partial charge in [-0.3, -0.25) is 4.79 Å². The Morgan fingerprint density at radius 3 is 2.21 bits per heavy atom. The maximum atomic E-state index is 11.8. The molecule has 0 saturated carbocycles. The number of alkyl halides is 5. The summed E-state index contributed by atoms with van der Waals surface area (Å²) >= 11 is 10.4. The zero-order valence-corrected chi connectivity index (χ0v) is 9.00. The number of halogens is 5. The number of hydrogen-bond acceptors (Lipinski definition) is 2. The summed E-state index contributed by atoms with van der Waals surface area (Å²) < 4.78 is 39.5. The molecule has 2 unspecified atom stereocenters. The summed E-state index contributed by atoms with van der Waals surface area (Å²) in [5.74, 6) is -1.18. The predicted molar refractivity (Wildman–Crippen MR) is 46.3 cm³/mol. The van der Waals surface area contributed by atoms with Crippen LogP contribution in [-0.2, 0) is 9.53 Å². The van der Waals surface area contributed by atoms with E-state index in [0.717, 1.165) is 0 Å². The maximum Gasteiger partial charge on any atom is 0.440 e. The first-order chi connectivity index (χ1) is 6.11. The molecule has 2 nitrogen and oxygen atoms in total. The van der Waals surface area contributed by atoms with E-state index in [0.29, 0.717) is 0 Å². The minimum Gasteiger partial charge on any atom is -0.435 e. The van der Waals surface area contributed by atoms with Crippen molar-refractivity contribution in [3.8, 4) is 0 Å². The fraction of sp³-hybridized carbons (Fsp3) is 0.857. The van der Waals surface area contributed by atoms with E-state index in [1.54, 1.807) is 6.92 Å². The second kappa shape index (κ2) is 4.57. The van der Waals surface area contributed by atoms with Crippen molar-refractivity contribution in [1.29, 1.82) is 0 Å². The highest BCUT2D eigenvalue weighted by atomic mass is 35.5. The molecule has 0 N–H and O–H groups in total. The van der Waals surface area contributed by atoms with Gasteiger partial charge in [0.1, 0.15) is 4.87 Å². The molecule has 7 heteroatoms. The van der Waals surface area contributed by atoms with Crippen molar-refractivity contribution >= 4 is 29.2 Å². The van der Waals surface area contributed by atoms with Gasteiger partial charge in [0.05, 0.1) is 0 Å². The predicted octanol–water partition coefficient (Wildman–Crippen LogP) is 3.06. The molecule has 84 valence electrons. The molecule has 0 radical (unpaired) electrons. The fourth-order valence-corrected chi connectivity index (χ4v) is 0.553. The van der Waals surface area contributed by atoms with Gasteiger partial charge < -0.3 is 4.74 Å². The fourth-order valence-electron chi connectivity index (χ4n) is 0.428. The molecule has 0 spiro atoms. The topological polar surface area (TPSA) is 26.3 Å². The first-order valence-electron chi connectivity index (χ1n) is 3.72. The van der Waals surface area contributed by atoms with E-state index in [1.807, 2.05) is 0 Å². The van der Waals surface area contributed by atoms with Gasteiger partial charge in [0.15, 0.2) is 0 Å². The highest BCUT2D eigenvalue weighted by Crippen LogP contribution is 2.29. The van der Waals surface area contributed by atoms with Crippen molar-refractivity contribution < 1.29 is 22.7 Å². The molecule has 0 fully saturated rings. The Bertz CT molecular complexity index is 215. The summed E-state index contributed by atoms with van der Waals surface area (Å²) in [6.45, 7) is 2.81. The Labute approximate surface area is 89.3 Å². The van der Waals surface area contributed by atoms with E-state index in [9.17, 15) is 18.0 Å². The van der Waals surface area contributed by atoms with Gasteiger partial charge in [0.2, 0.25) is 0 Å². The molecule has 0 aromatic carbocycles. The Morgan fingerprint density at radius 2 is 1.93 bits per heavy atom. The molecular weight excluding hydrogens is 244 g/mol. The van der Waals surface area contributed by atoms with Gasteiger partial charge in [0, 0.05) is 0 Å². The molecular formula is C7H9Cl2F3O2. The smallest absolute Gasteiger partial charge is 0.435 e. The number of carbonyl (C=O) groups excluding carboxylic acids is 1. The molecule has 14 heavy (non-hydrogen) atoms. The van der Waals surface area contributed by atoms with Crippen molar-refractivity contribution in [2.24, 2.45) is 0 Å². The van der Waals surface area contributed by atoms with E-state index in [2.05, 4.69) is 4.74 Å². The lowest BCUT2D eigenvalue weighted by atomic mass is 10.1. The van der Waals surface area contributed by atoms with Crippen LogP contribution < -0.4 is 0 Å². The summed E-state index contributed by atoms with van der Waals surface area (Å²) in [5, 5.41) is 0. The van der Waals surface area contributed by atoms with Gasteiger partial charge in [-0.25, -0.2) is 0 Å². The molecule has 2 atom stereocenters. The van der Waals surface area contributed by atoms with Crippen molar-refractivity contribution in [2.75, 3.05) is 0 Å². The van der Waals surface area contributed by atoms with Gasteiger partial charge in [-0.05, 0) is 13.3 Å². The van der Waals surface area contributed by atoms with E-state index in [4.69, 9.17) is 23.2 Å². The van der Waals surface area contributed by atoms with Crippen LogP contribution in [0.1, 0.15) is 20.3 Å². The molecule has 0 rings (SSSR count). The zero-order chi connectivity index (χ0) is 11.6. The van der Waals surface area contributed by atoms with E-state index >= 15 is 0 Å². The standard InChI is InChI=1S/C7H9Cl2F3O2/c1-3-6(2,9)5(13)14-4(8)7(10,11)12/h4H,3H2,1-2H3. The van der Waals surface area contributed by atoms with Gasteiger partial charge in [-0.15, -0.1) is 11.6 Å². The number of ether oxygens (including phenoxy) is 1. The van der Waals surface area contributed by atoms with Crippen LogP contribution in [-0.4, -0.2) is 22.6 Å². The van der Waals surface area contributed by atoms with Crippen molar-refractivity contribution in [3.05, 3.63) is 0 Å². The summed E-state index contributed by atoms with van der Waals surface area (Å²) in [4.78, 5) is 9.54. The highest BCUT2D eigenvalue weighted by molar-refractivity contribution is 6.34. The number of esters is 1. The quantitative estimate of drug-likeness (QED) is 0.570. The third-order valence-corrected chi connectivity index (χ3v) is 2.32. The maximum absolute atomic E-state index is 11.8.